The summed E-state index contributed by atoms with van der Waals surface area (Å²) in [5, 5.41) is 0.878. The molecule has 0 aromatic heterocycles. The Hall–Kier alpha value is -0.890. The number of unbranched alkanes of at least 4 members (excludes halogenated alkanes) is 2. The normalized spacial score (nSPS) is 19.2. The molecule has 3 aliphatic heterocycles. The van der Waals surface area contributed by atoms with E-state index in [2.05, 4.69) is 0 Å². The van der Waals surface area contributed by atoms with Crippen LogP contribution in [0.3, 0.4) is 0 Å². The zero-order valence-electron chi connectivity index (χ0n) is 30.5. The summed E-state index contributed by atoms with van der Waals surface area (Å²) in [5.41, 5.74) is 2.42. The van der Waals surface area contributed by atoms with Gasteiger partial charge in [0, 0.05) is 64.4 Å². The van der Waals surface area contributed by atoms with Gasteiger partial charge in [0.2, 0.25) is 5.69 Å². The molecule has 0 fully saturated rings. The van der Waals surface area contributed by atoms with Gasteiger partial charge in [-0.15, -0.1) is 0 Å². The van der Waals surface area contributed by atoms with Crippen LogP contribution in [0.2, 0.25) is 0 Å². The van der Waals surface area contributed by atoms with E-state index < -0.39 is 52.7 Å². The van der Waals surface area contributed by atoms with E-state index >= 15 is 0 Å². The van der Waals surface area contributed by atoms with Crippen LogP contribution in [0, 0.1) is 5.41 Å². The summed E-state index contributed by atoms with van der Waals surface area (Å²) in [6.07, 6.45) is 15.2. The van der Waals surface area contributed by atoms with Gasteiger partial charge in [0.15, 0.2) is 5.71 Å². The molecule has 0 aliphatic carbocycles. The van der Waals surface area contributed by atoms with Gasteiger partial charge in [-0.25, -0.2) is 30.2 Å². The van der Waals surface area contributed by atoms with Crippen LogP contribution in [0.4, 0.5) is 5.69 Å². The van der Waals surface area contributed by atoms with Gasteiger partial charge in [-0.1, -0.05) is 49.2 Å². The molecule has 0 N–H and O–H groups in total. The second-order valence-electron chi connectivity index (χ2n) is 13.4. The number of nitrogens with zero attached hydrogens (tertiary/aromatic N) is 3. The molecule has 0 saturated carbocycles. The maximum Gasteiger partial charge on any atom is 1.00 e. The minimum absolute atomic E-state index is 0. The minimum Gasteiger partial charge on any atom is -0.748 e. The van der Waals surface area contributed by atoms with Gasteiger partial charge < -0.3 is 18.6 Å². The van der Waals surface area contributed by atoms with Gasteiger partial charge >= 0.3 is 59.1 Å². The second kappa shape index (κ2) is 19.0. The number of aliphatic imine (C=N–C) groups is 1. The summed E-state index contributed by atoms with van der Waals surface area (Å²) in [4.78, 5) is 6.33. The molecule has 0 unspecified atom stereocenters. The van der Waals surface area contributed by atoms with Crippen LogP contribution in [-0.4, -0.2) is 84.5 Å². The van der Waals surface area contributed by atoms with Gasteiger partial charge in [-0.3, -0.25) is 0 Å². The Labute approximate surface area is 367 Å². The number of hydrogen-bond donors (Lipinski definition) is 0. The van der Waals surface area contributed by atoms with Gasteiger partial charge in [0.1, 0.15) is 22.5 Å². The third-order valence-electron chi connectivity index (χ3n) is 8.85. The van der Waals surface area contributed by atoms with Crippen molar-refractivity contribution in [1.82, 2.24) is 4.90 Å². The van der Waals surface area contributed by atoms with Gasteiger partial charge in [-0.05, 0) is 69.5 Å². The van der Waals surface area contributed by atoms with E-state index in [1.165, 1.54) is 12.1 Å². The standard InChI is InChI=1S/C34H41Cl2N3O9S3.2Na/c1-33(2)28-21-25(36)23-38(17-5-7-19-49(40,41)42)32(28)37-30(33)13-9-11-24(35)12-10-14-31-34(3,4)27-22-26(51(46,47)48)15-16-29(27)39(31)18-6-8-20-50(43,44)45;;/h9-16,21-23H,5-8,17-20H2,1-4H3,(H2-,40,41,42,43,44,45,46,47,48);;/q;2*+1/p-2. The molecule has 1 aromatic carbocycles. The van der Waals surface area contributed by atoms with E-state index in [1.54, 1.807) is 36.6 Å². The summed E-state index contributed by atoms with van der Waals surface area (Å²) < 4.78 is 104. The number of halogens is 2. The zero-order valence-corrected chi connectivity index (χ0v) is 38.5. The molecule has 1 aromatic rings. The van der Waals surface area contributed by atoms with Crippen LogP contribution in [-0.2, 0) is 35.8 Å². The van der Waals surface area contributed by atoms with Crippen molar-refractivity contribution in [3.63, 3.8) is 0 Å². The van der Waals surface area contributed by atoms with Crippen LogP contribution >= 0.6 is 23.2 Å². The largest absolute Gasteiger partial charge is 1.00 e. The Balaban J connectivity index is 0.00000486. The molecule has 0 bridgehead atoms. The molecule has 278 valence electrons. The van der Waals surface area contributed by atoms with E-state index in [-0.39, 0.29) is 76.9 Å². The van der Waals surface area contributed by atoms with Crippen LogP contribution in [0.1, 0.15) is 58.9 Å². The third-order valence-corrected chi connectivity index (χ3v) is 11.7. The topological polar surface area (TPSA) is 190 Å². The molecule has 53 heavy (non-hydrogen) atoms. The van der Waals surface area contributed by atoms with Crippen LogP contribution < -0.4 is 59.1 Å². The van der Waals surface area contributed by atoms with Crippen molar-refractivity contribution in [2.75, 3.05) is 24.6 Å². The fourth-order valence-corrected chi connectivity index (χ4v) is 8.16. The molecular formula is C34H39Cl2N3Na2O9S3. The van der Waals surface area contributed by atoms with Crippen molar-refractivity contribution in [2.24, 2.45) is 10.4 Å². The second-order valence-corrected chi connectivity index (χ2v) is 18.7. The molecule has 19 heteroatoms. The van der Waals surface area contributed by atoms with Crippen molar-refractivity contribution in [3.05, 3.63) is 93.8 Å². The summed E-state index contributed by atoms with van der Waals surface area (Å²) >= 11 is 12.9. The average molecular weight is 847 g/mol. The smallest absolute Gasteiger partial charge is 0.748 e. The minimum atomic E-state index is -4.70. The number of hydrogen-bond acceptors (Lipinski definition) is 11. The molecular weight excluding hydrogens is 807 g/mol. The van der Waals surface area contributed by atoms with Gasteiger partial charge in [-0.2, -0.15) is 4.58 Å². The summed E-state index contributed by atoms with van der Waals surface area (Å²) in [5.74, 6) is -0.247. The predicted octanol–water partition coefficient (Wildman–Crippen LogP) is -0.495. The molecule has 4 rings (SSSR count). The first-order valence-electron chi connectivity index (χ1n) is 16.0. The van der Waals surface area contributed by atoms with E-state index in [9.17, 15) is 38.9 Å². The molecule has 0 atom stereocenters. The maximum absolute atomic E-state index is 11.8. The Bertz CT molecular complexity index is 2170. The average Bonchev–Trinajstić information content (AvgIpc) is 3.37. The summed E-state index contributed by atoms with van der Waals surface area (Å²) in [6, 6.07) is 4.15. The van der Waals surface area contributed by atoms with Crippen molar-refractivity contribution in [2.45, 2.75) is 63.7 Å². The molecule has 0 saturated heterocycles. The van der Waals surface area contributed by atoms with Crippen molar-refractivity contribution >= 4 is 70.8 Å². The molecule has 0 spiro atoms. The number of amidine groups is 1. The number of rotatable bonds is 15. The Kier molecular flexibility index (Phi) is 17.3. The molecule has 3 aliphatic rings. The number of benzene rings is 1. The monoisotopic (exact) mass is 845 g/mol. The maximum atomic E-state index is 11.8. The first-order chi connectivity index (χ1) is 23.5. The van der Waals surface area contributed by atoms with Crippen LogP contribution in [0.25, 0.3) is 0 Å². The number of allylic oxidation sites excluding steroid dienone is 10. The van der Waals surface area contributed by atoms with E-state index in [1.807, 2.05) is 55.4 Å². The van der Waals surface area contributed by atoms with Gasteiger partial charge in [0.05, 0.1) is 41.3 Å². The molecule has 12 nitrogen and oxygen atoms in total. The molecule has 3 heterocycles. The number of fused-ring (bicyclic) bond motifs is 2. The van der Waals surface area contributed by atoms with Gasteiger partial charge in [0.25, 0.3) is 0 Å². The van der Waals surface area contributed by atoms with E-state index in [4.69, 9.17) is 28.2 Å². The fourth-order valence-electron chi connectivity index (χ4n) is 6.18. The Morgan fingerprint density at radius 3 is 2.13 bits per heavy atom. The van der Waals surface area contributed by atoms with Crippen LogP contribution in [0.5, 0.6) is 0 Å². The zero-order chi connectivity index (χ0) is 38.0. The first-order valence-corrected chi connectivity index (χ1v) is 21.3. The Morgan fingerprint density at radius 1 is 0.906 bits per heavy atom. The quantitative estimate of drug-likeness (QED) is 0.0732. The first kappa shape index (κ1) is 48.3. The van der Waals surface area contributed by atoms with E-state index in [0.29, 0.717) is 53.1 Å². The summed E-state index contributed by atoms with van der Waals surface area (Å²) in [7, 11) is -13.4. The van der Waals surface area contributed by atoms with Crippen molar-refractivity contribution in [1.29, 1.82) is 0 Å². The Morgan fingerprint density at radius 2 is 1.53 bits per heavy atom. The SMILES string of the molecule is CC1(C)C2=CC(Cl)=CN(CCCCS(=O)(=O)[O-])C2=N/C1=C/C=C/C(Cl)=C/C=C/C1=[N+](CCCCS(=O)(=O)[O-])c2ccc(S(=O)(=O)[O-])cc2C1(C)C.[Na+].[Na+]. The van der Waals surface area contributed by atoms with Crippen molar-refractivity contribution in [3.8, 4) is 0 Å². The van der Waals surface area contributed by atoms with Crippen LogP contribution in [0.15, 0.2) is 98.2 Å². The summed E-state index contributed by atoms with van der Waals surface area (Å²) in [6.45, 7) is 8.55. The third kappa shape index (κ3) is 12.8. The molecule has 0 radical (unpaired) electrons. The van der Waals surface area contributed by atoms with Crippen molar-refractivity contribution < 1.29 is 103 Å². The van der Waals surface area contributed by atoms with E-state index in [0.717, 1.165) is 17.0 Å². The predicted molar refractivity (Wildman–Crippen MR) is 195 cm³/mol. The fraction of sp³-hybridized carbons (Fsp3) is 0.412. The molecule has 0 amide bonds.